The van der Waals surface area contributed by atoms with E-state index in [-0.39, 0.29) is 5.91 Å². The molecule has 2 atom stereocenters. The van der Waals surface area contributed by atoms with Gasteiger partial charge in [-0.1, -0.05) is 19.9 Å². The van der Waals surface area contributed by atoms with Gasteiger partial charge in [0.05, 0.1) is 7.11 Å². The second-order valence-corrected chi connectivity index (χ2v) is 5.82. The third kappa shape index (κ3) is 1.96. The molecule has 0 saturated carbocycles. The summed E-state index contributed by atoms with van der Waals surface area (Å²) in [5.74, 6) is 0.436. The molecule has 1 aromatic rings. The number of β-lactam (4-membered cyclic amide) rings is 1. The Balaban J connectivity index is 2.43. The number of carbonyl (C=O) groups is 2. The lowest BCUT2D eigenvalue weighted by Crippen LogP contribution is -2.80. The first-order valence-corrected chi connectivity index (χ1v) is 7.01. The molecule has 0 aliphatic carbocycles. The minimum absolute atomic E-state index is 0.248. The molecule has 2 rings (SSSR count). The third-order valence-electron chi connectivity index (χ3n) is 4.50. The first-order chi connectivity index (χ1) is 10.4. The summed E-state index contributed by atoms with van der Waals surface area (Å²) in [5.41, 5.74) is -1.26. The van der Waals surface area contributed by atoms with Crippen molar-refractivity contribution in [2.45, 2.75) is 25.5 Å². The van der Waals surface area contributed by atoms with Gasteiger partial charge >= 0.3 is 0 Å². The molecule has 1 aromatic carbocycles. The first-order valence-electron chi connectivity index (χ1n) is 7.01. The molecular formula is C17H21NO4. The molecule has 0 bridgehead atoms. The van der Waals surface area contributed by atoms with E-state index < -0.39 is 17.1 Å². The molecule has 1 aliphatic heterocycles. The molecule has 0 radical (unpaired) electrons. The van der Waals surface area contributed by atoms with Gasteiger partial charge in [0.1, 0.15) is 18.1 Å². The van der Waals surface area contributed by atoms with Crippen molar-refractivity contribution >= 4 is 17.9 Å². The van der Waals surface area contributed by atoms with Crippen LogP contribution in [0.5, 0.6) is 5.75 Å². The van der Waals surface area contributed by atoms with Gasteiger partial charge < -0.3 is 14.3 Å². The van der Waals surface area contributed by atoms with Gasteiger partial charge in [0.25, 0.3) is 5.91 Å². The number of rotatable bonds is 6. The molecule has 1 fully saturated rings. The molecule has 1 aliphatic rings. The van der Waals surface area contributed by atoms with Crippen LogP contribution < -0.4 is 9.64 Å². The predicted molar refractivity (Wildman–Crippen MR) is 84.1 cm³/mol. The van der Waals surface area contributed by atoms with Crippen LogP contribution in [0.2, 0.25) is 0 Å². The Bertz CT molecular complexity index is 593. The van der Waals surface area contributed by atoms with Crippen molar-refractivity contribution in [2.24, 2.45) is 5.41 Å². The Hall–Kier alpha value is -2.14. The molecule has 5 heteroatoms. The summed E-state index contributed by atoms with van der Waals surface area (Å²) in [6, 6.07) is 6.28. The van der Waals surface area contributed by atoms with Gasteiger partial charge in [-0.2, -0.15) is 0 Å². The quantitative estimate of drug-likeness (QED) is 0.459. The number of hydrogen-bond donors (Lipinski definition) is 0. The highest BCUT2D eigenvalue weighted by atomic mass is 16.5. The van der Waals surface area contributed by atoms with Gasteiger partial charge in [0.2, 0.25) is 0 Å². The lowest BCUT2D eigenvalue weighted by atomic mass is 9.64. The van der Waals surface area contributed by atoms with E-state index in [2.05, 4.69) is 6.58 Å². The van der Waals surface area contributed by atoms with Crippen molar-refractivity contribution in [1.82, 2.24) is 0 Å². The van der Waals surface area contributed by atoms with Crippen molar-refractivity contribution in [2.75, 3.05) is 19.1 Å². The summed E-state index contributed by atoms with van der Waals surface area (Å²) in [5, 5.41) is 0. The standard InChI is InChI=1S/C17H21NO4/c1-6-16(2,3)17(22-5)14(11-19)18(15(17)20)12-7-9-13(21-4)10-8-12/h6-11,14H,1H2,2-5H3/t14-,17+/m0/s1. The molecule has 1 saturated heterocycles. The molecule has 0 spiro atoms. The Morgan fingerprint density at radius 1 is 1.27 bits per heavy atom. The summed E-state index contributed by atoms with van der Waals surface area (Å²) in [7, 11) is 3.02. The summed E-state index contributed by atoms with van der Waals surface area (Å²) in [4.78, 5) is 25.9. The second kappa shape index (κ2) is 5.57. The number of methoxy groups -OCH3 is 2. The summed E-state index contributed by atoms with van der Waals surface area (Å²) in [6.45, 7) is 7.44. The van der Waals surface area contributed by atoms with E-state index in [9.17, 15) is 9.59 Å². The normalized spacial score (nSPS) is 24.6. The highest BCUT2D eigenvalue weighted by Crippen LogP contribution is 2.49. The van der Waals surface area contributed by atoms with Crippen molar-refractivity contribution in [3.8, 4) is 5.75 Å². The SMILES string of the molecule is C=CC(C)(C)[C@]1(OC)C(=O)N(c2ccc(OC)cc2)[C@H]1C=O. The number of carbonyl (C=O) groups excluding carboxylic acids is 2. The highest BCUT2D eigenvalue weighted by molar-refractivity contribution is 6.14. The lowest BCUT2D eigenvalue weighted by molar-refractivity contribution is -0.176. The molecule has 5 nitrogen and oxygen atoms in total. The number of hydrogen-bond acceptors (Lipinski definition) is 4. The van der Waals surface area contributed by atoms with E-state index in [1.165, 1.54) is 12.0 Å². The van der Waals surface area contributed by atoms with Crippen LogP contribution >= 0.6 is 0 Å². The van der Waals surface area contributed by atoms with E-state index in [1.54, 1.807) is 37.5 Å². The molecule has 1 amide bonds. The zero-order valence-corrected chi connectivity index (χ0v) is 13.3. The maximum atomic E-state index is 12.8. The monoisotopic (exact) mass is 303 g/mol. The number of anilines is 1. The van der Waals surface area contributed by atoms with Crippen LogP contribution in [-0.4, -0.2) is 38.1 Å². The molecule has 22 heavy (non-hydrogen) atoms. The topological polar surface area (TPSA) is 55.8 Å². The van der Waals surface area contributed by atoms with Gasteiger partial charge in [0, 0.05) is 18.2 Å². The van der Waals surface area contributed by atoms with Gasteiger partial charge in [-0.05, 0) is 24.3 Å². The van der Waals surface area contributed by atoms with Crippen LogP contribution in [-0.2, 0) is 14.3 Å². The van der Waals surface area contributed by atoms with Crippen molar-refractivity contribution in [3.05, 3.63) is 36.9 Å². The summed E-state index contributed by atoms with van der Waals surface area (Å²) >= 11 is 0. The average molecular weight is 303 g/mol. The zero-order valence-electron chi connectivity index (χ0n) is 13.3. The van der Waals surface area contributed by atoms with Crippen molar-refractivity contribution in [1.29, 1.82) is 0 Å². The van der Waals surface area contributed by atoms with Crippen molar-refractivity contribution in [3.63, 3.8) is 0 Å². The van der Waals surface area contributed by atoms with Gasteiger partial charge in [-0.15, -0.1) is 6.58 Å². The Morgan fingerprint density at radius 2 is 1.86 bits per heavy atom. The highest BCUT2D eigenvalue weighted by Gasteiger charge is 2.68. The van der Waals surface area contributed by atoms with Gasteiger partial charge in [0.15, 0.2) is 5.60 Å². The van der Waals surface area contributed by atoms with Gasteiger partial charge in [-0.3, -0.25) is 9.69 Å². The van der Waals surface area contributed by atoms with E-state index in [4.69, 9.17) is 9.47 Å². The Morgan fingerprint density at radius 3 is 2.27 bits per heavy atom. The molecule has 0 unspecified atom stereocenters. The minimum atomic E-state index is -1.23. The van der Waals surface area contributed by atoms with Crippen LogP contribution in [0.25, 0.3) is 0 Å². The van der Waals surface area contributed by atoms with Crippen molar-refractivity contribution < 1.29 is 19.1 Å². The number of amides is 1. The largest absolute Gasteiger partial charge is 0.497 e. The molecule has 0 aromatic heterocycles. The van der Waals surface area contributed by atoms with Crippen LogP contribution in [0.3, 0.4) is 0 Å². The molecule has 0 N–H and O–H groups in total. The first kappa shape index (κ1) is 16.2. The maximum Gasteiger partial charge on any atom is 0.263 e. The Labute approximate surface area is 130 Å². The number of nitrogens with zero attached hydrogens (tertiary/aromatic N) is 1. The van der Waals surface area contributed by atoms with Gasteiger partial charge in [-0.25, -0.2) is 0 Å². The molecular weight excluding hydrogens is 282 g/mol. The number of ether oxygens (including phenoxy) is 2. The number of benzene rings is 1. The number of aldehydes is 1. The average Bonchev–Trinajstić information content (AvgIpc) is 2.53. The minimum Gasteiger partial charge on any atom is -0.497 e. The van der Waals surface area contributed by atoms with E-state index in [1.807, 2.05) is 13.8 Å². The fourth-order valence-corrected chi connectivity index (χ4v) is 3.00. The summed E-state index contributed by atoms with van der Waals surface area (Å²) < 4.78 is 10.6. The Kier molecular flexibility index (Phi) is 4.11. The van der Waals surface area contributed by atoms with E-state index in [0.29, 0.717) is 11.4 Å². The lowest BCUT2D eigenvalue weighted by Gasteiger charge is -2.58. The molecule has 118 valence electrons. The fraction of sp³-hybridized carbons (Fsp3) is 0.412. The van der Waals surface area contributed by atoms with E-state index in [0.717, 1.165) is 6.29 Å². The third-order valence-corrected chi connectivity index (χ3v) is 4.50. The maximum absolute atomic E-state index is 12.8. The van der Waals surface area contributed by atoms with E-state index >= 15 is 0 Å². The van der Waals surface area contributed by atoms with Crippen LogP contribution in [0, 0.1) is 5.41 Å². The summed E-state index contributed by atoms with van der Waals surface area (Å²) in [6.07, 6.45) is 2.40. The van der Waals surface area contributed by atoms with Crippen LogP contribution in [0.15, 0.2) is 36.9 Å². The zero-order chi connectivity index (χ0) is 16.5. The fourth-order valence-electron chi connectivity index (χ4n) is 3.00. The second-order valence-electron chi connectivity index (χ2n) is 5.82. The smallest absolute Gasteiger partial charge is 0.263 e. The van der Waals surface area contributed by atoms with Crippen LogP contribution in [0.1, 0.15) is 13.8 Å². The predicted octanol–water partition coefficient (Wildman–Crippen LogP) is 2.21. The molecule has 1 heterocycles. The van der Waals surface area contributed by atoms with Crippen LogP contribution in [0.4, 0.5) is 5.69 Å².